The van der Waals surface area contributed by atoms with Gasteiger partial charge in [0.15, 0.2) is 5.69 Å². The Hall–Kier alpha value is -4.21. The fourth-order valence-electron chi connectivity index (χ4n) is 4.74. The summed E-state index contributed by atoms with van der Waals surface area (Å²) in [5.74, 6) is -5.99. The van der Waals surface area contributed by atoms with Crippen LogP contribution in [0.5, 0.6) is 0 Å². The Labute approximate surface area is 227 Å². The number of anilines is 1. The van der Waals surface area contributed by atoms with Crippen LogP contribution in [0.15, 0.2) is 48.8 Å². The lowest BCUT2D eigenvalue weighted by molar-refractivity contribution is -0.141. The van der Waals surface area contributed by atoms with Gasteiger partial charge in [-0.3, -0.25) is 9.78 Å². The van der Waals surface area contributed by atoms with Crippen molar-refractivity contribution in [2.24, 2.45) is 0 Å². The molecule has 0 spiro atoms. The van der Waals surface area contributed by atoms with Gasteiger partial charge in [0.05, 0.1) is 30.6 Å². The lowest BCUT2D eigenvalue weighted by Crippen LogP contribution is -2.58. The van der Waals surface area contributed by atoms with Crippen molar-refractivity contribution in [2.75, 3.05) is 18.5 Å². The Morgan fingerprint density at radius 3 is 2.27 bits per heavy atom. The van der Waals surface area contributed by atoms with Gasteiger partial charge in [0, 0.05) is 23.2 Å². The summed E-state index contributed by atoms with van der Waals surface area (Å²) in [4.78, 5) is 30.8. The number of fused-ring (bicyclic) bond motifs is 3. The molecular weight excluding hydrogens is 559 g/mol. The number of nitrogens with zero attached hydrogens (tertiary/aromatic N) is 2. The smallest absolute Gasteiger partial charge is 0.434 e. The second kappa shape index (κ2) is 10.3. The van der Waals surface area contributed by atoms with E-state index < -0.39 is 65.1 Å². The van der Waals surface area contributed by atoms with Crippen molar-refractivity contribution in [3.05, 3.63) is 76.7 Å². The number of aromatic nitrogens is 2. The van der Waals surface area contributed by atoms with Crippen LogP contribution in [0.3, 0.4) is 0 Å². The van der Waals surface area contributed by atoms with Gasteiger partial charge in [-0.1, -0.05) is 12.1 Å². The average Bonchev–Trinajstić information content (AvgIpc) is 3.16. The highest BCUT2D eigenvalue weighted by atomic mass is 19.4. The largest absolute Gasteiger partial charge is 0.478 e. The number of hydrogen-bond donors (Lipinski definition) is 5. The van der Waals surface area contributed by atoms with Crippen molar-refractivity contribution >= 4 is 17.7 Å². The summed E-state index contributed by atoms with van der Waals surface area (Å²) < 4.78 is 74.5. The molecule has 0 radical (unpaired) electrons. The summed E-state index contributed by atoms with van der Waals surface area (Å²) in [5, 5.41) is 35.1. The fraction of sp³-hybridized carbons (Fsp3) is 0.308. The number of nitrogens with one attached hydrogen (secondary N) is 2. The zero-order valence-electron chi connectivity index (χ0n) is 20.7. The van der Waals surface area contributed by atoms with Crippen molar-refractivity contribution in [1.82, 2.24) is 15.3 Å². The third-order valence-corrected chi connectivity index (χ3v) is 6.87. The first-order chi connectivity index (χ1) is 19.3. The molecule has 5 N–H and O–H groups in total. The molecule has 1 aromatic heterocycles. The summed E-state index contributed by atoms with van der Waals surface area (Å²) in [7, 11) is 0. The fourth-order valence-corrected chi connectivity index (χ4v) is 4.74. The number of carbonyl (C=O) groups excluding carboxylic acids is 1. The Bertz CT molecular complexity index is 1520. The van der Waals surface area contributed by atoms with E-state index in [-0.39, 0.29) is 41.2 Å². The molecule has 2 aliphatic rings. The molecule has 3 aromatic rings. The molecule has 1 saturated heterocycles. The molecule has 0 bridgehead atoms. The number of carboxylic acids is 1. The number of benzene rings is 2. The van der Waals surface area contributed by atoms with Crippen molar-refractivity contribution < 1.29 is 51.6 Å². The van der Waals surface area contributed by atoms with Crippen LogP contribution in [0.2, 0.25) is 0 Å². The van der Waals surface area contributed by atoms with Crippen molar-refractivity contribution in [1.29, 1.82) is 0 Å². The number of aromatic carboxylic acids is 1. The van der Waals surface area contributed by atoms with Crippen molar-refractivity contribution in [3.63, 3.8) is 0 Å². The topological polar surface area (TPSA) is 154 Å². The van der Waals surface area contributed by atoms with E-state index in [1.807, 2.05) is 0 Å². The molecule has 15 heteroatoms. The third kappa shape index (κ3) is 5.30. The van der Waals surface area contributed by atoms with Crippen molar-refractivity contribution in [2.45, 2.75) is 36.5 Å². The van der Waals surface area contributed by atoms with Gasteiger partial charge < -0.3 is 30.7 Å². The molecule has 2 aromatic carbocycles. The highest BCUT2D eigenvalue weighted by Crippen LogP contribution is 2.51. The summed E-state index contributed by atoms with van der Waals surface area (Å²) in [6.45, 7) is -0.610. The molecule has 1 aliphatic carbocycles. The number of ether oxygens (including phenoxy) is 1. The molecule has 41 heavy (non-hydrogen) atoms. The van der Waals surface area contributed by atoms with E-state index >= 15 is 8.78 Å². The molecule has 10 nitrogen and oxygen atoms in total. The number of carbonyl (C=O) groups is 2. The molecule has 0 unspecified atom stereocenters. The molecule has 4 atom stereocenters. The number of hydrogen-bond acceptors (Lipinski definition) is 8. The molecular formula is C26H21F5N4O6. The quantitative estimate of drug-likeness (QED) is 0.277. The highest BCUT2D eigenvalue weighted by molar-refractivity contribution is 5.96. The monoisotopic (exact) mass is 580 g/mol. The van der Waals surface area contributed by atoms with Crippen LogP contribution in [0.25, 0.3) is 11.1 Å². The van der Waals surface area contributed by atoms with Gasteiger partial charge in [-0.05, 0) is 35.4 Å². The Kier molecular flexibility index (Phi) is 7.13. The van der Waals surface area contributed by atoms with Gasteiger partial charge in [-0.25, -0.2) is 9.78 Å². The minimum absolute atomic E-state index is 0.136. The van der Waals surface area contributed by atoms with E-state index in [9.17, 15) is 33.0 Å². The van der Waals surface area contributed by atoms with Gasteiger partial charge in [0.2, 0.25) is 0 Å². The zero-order valence-corrected chi connectivity index (χ0v) is 20.7. The van der Waals surface area contributed by atoms with Crippen LogP contribution in [-0.2, 0) is 16.8 Å². The molecule has 1 fully saturated rings. The maximum Gasteiger partial charge on any atom is 0.434 e. The Morgan fingerprint density at radius 2 is 1.63 bits per heavy atom. The number of aliphatic hydroxyl groups is 2. The maximum atomic E-state index is 15.2. The summed E-state index contributed by atoms with van der Waals surface area (Å²) in [5.41, 5.74) is -2.36. The average molecular weight is 580 g/mol. The molecule has 5 rings (SSSR count). The van der Waals surface area contributed by atoms with E-state index in [1.54, 1.807) is 0 Å². The molecule has 0 saturated carbocycles. The van der Waals surface area contributed by atoms with Crippen LogP contribution < -0.4 is 10.6 Å². The first-order valence-electron chi connectivity index (χ1n) is 12.1. The Morgan fingerprint density at radius 1 is 1.00 bits per heavy atom. The first kappa shape index (κ1) is 28.3. The van der Waals surface area contributed by atoms with Crippen LogP contribution in [0.1, 0.15) is 37.5 Å². The third-order valence-electron chi connectivity index (χ3n) is 6.87. The van der Waals surface area contributed by atoms with Crippen LogP contribution >= 0.6 is 0 Å². The van der Waals surface area contributed by atoms with E-state index in [0.717, 1.165) is 18.3 Å². The van der Waals surface area contributed by atoms with Gasteiger partial charge >= 0.3 is 12.1 Å². The summed E-state index contributed by atoms with van der Waals surface area (Å²) in [6.07, 6.45) is -7.45. The molecule has 1 aliphatic heterocycles. The number of halogens is 5. The first-order valence-corrected chi connectivity index (χ1v) is 12.1. The van der Waals surface area contributed by atoms with E-state index in [4.69, 9.17) is 9.84 Å². The second-order valence-corrected chi connectivity index (χ2v) is 9.50. The van der Waals surface area contributed by atoms with Gasteiger partial charge in [-0.15, -0.1) is 0 Å². The summed E-state index contributed by atoms with van der Waals surface area (Å²) >= 11 is 0. The predicted molar refractivity (Wildman–Crippen MR) is 130 cm³/mol. The number of carboxylic acid groups (broad SMARTS) is 1. The second-order valence-electron chi connectivity index (χ2n) is 9.50. The van der Waals surface area contributed by atoms with E-state index in [0.29, 0.717) is 6.20 Å². The summed E-state index contributed by atoms with van der Waals surface area (Å²) in [6, 6.07) is 5.97. The molecule has 1 amide bonds. The van der Waals surface area contributed by atoms with Crippen LogP contribution in [0, 0.1) is 0 Å². The van der Waals surface area contributed by atoms with Gasteiger partial charge in [0.1, 0.15) is 24.1 Å². The Balaban J connectivity index is 1.23. The lowest BCUT2D eigenvalue weighted by Gasteiger charge is -2.38. The van der Waals surface area contributed by atoms with E-state index in [1.165, 1.54) is 24.3 Å². The number of rotatable bonds is 6. The van der Waals surface area contributed by atoms with Crippen LogP contribution in [0.4, 0.5) is 27.8 Å². The molecule has 216 valence electrons. The van der Waals surface area contributed by atoms with Gasteiger partial charge in [-0.2, -0.15) is 22.0 Å². The minimum Gasteiger partial charge on any atom is -0.478 e. The van der Waals surface area contributed by atoms with Crippen LogP contribution in [-0.4, -0.2) is 74.7 Å². The SMILES string of the molecule is O=C(O)c1ccc2c(c1)C(F)(F)c1cc(C(=O)NC[C@H]3OC[C@H](Nc4cncc(C(F)(F)F)n4)[C@@H](O)[C@H]3O)ccc1-2. The number of alkyl halides is 5. The molecule has 2 heterocycles. The van der Waals surface area contributed by atoms with E-state index in [2.05, 4.69) is 20.6 Å². The highest BCUT2D eigenvalue weighted by Gasteiger charge is 2.45. The number of amides is 1. The zero-order chi connectivity index (χ0) is 29.7. The minimum atomic E-state index is -4.74. The normalized spacial score (nSPS) is 22.9. The standard InChI is InChI=1S/C26H21F5N4O6/c27-25(28)15-5-11(1-3-13(15)14-4-2-12(24(39)40)6-16(14)25)23(38)33-7-18-22(37)21(36)17(10-41-18)34-20-9-32-8-19(35-20)26(29,30)31/h1-6,8-9,17-18,21-22,36-37H,7,10H2,(H,33,38)(H,34,35)(H,39,40)/t17-,18+,21+,22-/m0/s1. The predicted octanol–water partition coefficient (Wildman–Crippen LogP) is 2.65. The maximum absolute atomic E-state index is 15.2. The van der Waals surface area contributed by atoms with Crippen molar-refractivity contribution in [3.8, 4) is 11.1 Å². The van der Waals surface area contributed by atoms with Gasteiger partial charge in [0.25, 0.3) is 11.8 Å². The lowest BCUT2D eigenvalue weighted by atomic mass is 9.97. The number of aliphatic hydroxyl groups excluding tert-OH is 2.